The molecular formula is C12H6Br4O4S. The number of sulfone groups is 1. The van der Waals surface area contributed by atoms with Gasteiger partial charge in [-0.1, -0.05) is 0 Å². The maximum Gasteiger partial charge on any atom is 0.208 e. The van der Waals surface area contributed by atoms with Crippen molar-refractivity contribution in [2.45, 2.75) is 9.79 Å². The Morgan fingerprint density at radius 1 is 0.762 bits per heavy atom. The first-order chi connectivity index (χ1) is 9.67. The minimum Gasteiger partial charge on any atom is -0.508 e. The van der Waals surface area contributed by atoms with Crippen LogP contribution >= 0.6 is 63.7 Å². The molecule has 0 aromatic heterocycles. The van der Waals surface area contributed by atoms with Crippen LogP contribution in [0, 0.1) is 0 Å². The molecule has 0 amide bonds. The van der Waals surface area contributed by atoms with Crippen molar-refractivity contribution in [1.29, 1.82) is 0 Å². The third kappa shape index (κ3) is 3.03. The quantitative estimate of drug-likeness (QED) is 0.504. The maximum absolute atomic E-state index is 12.7. The number of benzene rings is 2. The normalized spacial score (nSPS) is 11.6. The monoisotopic (exact) mass is 562 g/mol. The van der Waals surface area contributed by atoms with Gasteiger partial charge in [0.25, 0.3) is 0 Å². The molecule has 2 N–H and O–H groups in total. The van der Waals surface area contributed by atoms with E-state index < -0.39 is 9.84 Å². The predicted octanol–water partition coefficient (Wildman–Crippen LogP) is 4.98. The van der Waals surface area contributed by atoms with Crippen LogP contribution in [0.4, 0.5) is 0 Å². The SMILES string of the molecule is O=S(=O)(c1ccc(O)cc1)c1c(Br)c(Br)c(O)c(Br)c1Br. The molecule has 2 rings (SSSR count). The lowest BCUT2D eigenvalue weighted by molar-refractivity contribution is 0.466. The van der Waals surface area contributed by atoms with Gasteiger partial charge in [0.1, 0.15) is 16.4 Å². The van der Waals surface area contributed by atoms with Crippen LogP contribution in [0.2, 0.25) is 0 Å². The Labute approximate surface area is 154 Å². The van der Waals surface area contributed by atoms with E-state index in [2.05, 4.69) is 63.7 Å². The van der Waals surface area contributed by atoms with E-state index in [1.165, 1.54) is 24.3 Å². The van der Waals surface area contributed by atoms with Crippen molar-refractivity contribution >= 4 is 73.6 Å². The Morgan fingerprint density at radius 2 is 1.19 bits per heavy atom. The fourth-order valence-electron chi connectivity index (χ4n) is 1.58. The molecule has 0 aliphatic rings. The average molecular weight is 566 g/mol. The van der Waals surface area contributed by atoms with Crippen LogP contribution in [0.25, 0.3) is 0 Å². The predicted molar refractivity (Wildman–Crippen MR) is 92.5 cm³/mol. The Kier molecular flexibility index (Phi) is 5.09. The first-order valence-corrected chi connectivity index (χ1v) is 9.92. The zero-order valence-electron chi connectivity index (χ0n) is 9.94. The molecule has 0 unspecified atom stereocenters. The molecule has 112 valence electrons. The van der Waals surface area contributed by atoms with Gasteiger partial charge >= 0.3 is 0 Å². The largest absolute Gasteiger partial charge is 0.508 e. The van der Waals surface area contributed by atoms with E-state index >= 15 is 0 Å². The summed E-state index contributed by atoms with van der Waals surface area (Å²) < 4.78 is 26.3. The second kappa shape index (κ2) is 6.19. The number of rotatable bonds is 2. The molecular weight excluding hydrogens is 560 g/mol. The van der Waals surface area contributed by atoms with Crippen LogP contribution in [-0.2, 0) is 9.84 Å². The summed E-state index contributed by atoms with van der Waals surface area (Å²) in [5.74, 6) is -0.154. The lowest BCUT2D eigenvalue weighted by Gasteiger charge is -2.14. The van der Waals surface area contributed by atoms with Crippen LogP contribution < -0.4 is 0 Å². The van der Waals surface area contributed by atoms with Gasteiger partial charge < -0.3 is 10.2 Å². The maximum atomic E-state index is 12.7. The molecule has 0 aliphatic heterocycles. The molecule has 0 aliphatic carbocycles. The molecule has 0 radical (unpaired) electrons. The Morgan fingerprint density at radius 3 is 1.62 bits per heavy atom. The molecule has 0 atom stereocenters. The molecule has 4 nitrogen and oxygen atoms in total. The van der Waals surface area contributed by atoms with E-state index in [1.807, 2.05) is 0 Å². The summed E-state index contributed by atoms with van der Waals surface area (Å²) in [6, 6.07) is 5.19. The molecule has 0 saturated carbocycles. The summed E-state index contributed by atoms with van der Waals surface area (Å²) in [5, 5.41) is 19.1. The number of hydrogen-bond donors (Lipinski definition) is 2. The van der Waals surface area contributed by atoms with E-state index in [0.29, 0.717) is 0 Å². The van der Waals surface area contributed by atoms with Gasteiger partial charge in [0.2, 0.25) is 9.84 Å². The number of phenolic OH excluding ortho intramolecular Hbond substituents is 2. The standard InChI is InChI=1S/C12H6Br4O4S/c13-7-9(15)12(10(16)8(14)11(7)18)21(19,20)6-3-1-5(17)2-4-6/h1-4,17-18H. The highest BCUT2D eigenvalue weighted by molar-refractivity contribution is 9.14. The molecule has 9 heteroatoms. The van der Waals surface area contributed by atoms with Gasteiger partial charge in [0, 0.05) is 0 Å². The van der Waals surface area contributed by atoms with E-state index in [9.17, 15) is 18.6 Å². The van der Waals surface area contributed by atoms with Crippen LogP contribution in [0.5, 0.6) is 11.5 Å². The Hall–Kier alpha value is -0.0900. The molecule has 21 heavy (non-hydrogen) atoms. The highest BCUT2D eigenvalue weighted by atomic mass is 79.9. The smallest absolute Gasteiger partial charge is 0.208 e. The molecule has 0 saturated heterocycles. The van der Waals surface area contributed by atoms with E-state index in [-0.39, 0.29) is 39.2 Å². The number of halogens is 4. The van der Waals surface area contributed by atoms with Gasteiger partial charge in [-0.05, 0) is 88.0 Å². The van der Waals surface area contributed by atoms with Crippen molar-refractivity contribution in [2.75, 3.05) is 0 Å². The Bertz CT molecular complexity index is 787. The topological polar surface area (TPSA) is 74.6 Å². The summed E-state index contributed by atoms with van der Waals surface area (Å²) in [4.78, 5) is -0.0177. The number of hydrogen-bond acceptors (Lipinski definition) is 4. The summed E-state index contributed by atoms with van der Waals surface area (Å²) in [6.07, 6.45) is 0. The zero-order valence-corrected chi connectivity index (χ0v) is 17.1. The van der Waals surface area contributed by atoms with Crippen molar-refractivity contribution in [3.8, 4) is 11.5 Å². The second-order valence-corrected chi connectivity index (χ2v) is 8.99. The third-order valence-electron chi connectivity index (χ3n) is 2.62. The molecule has 2 aromatic rings. The molecule has 2 aromatic carbocycles. The lowest BCUT2D eigenvalue weighted by atomic mass is 10.3. The fraction of sp³-hybridized carbons (Fsp3) is 0. The molecule has 0 bridgehead atoms. The average Bonchev–Trinajstić information content (AvgIpc) is 2.43. The van der Waals surface area contributed by atoms with Crippen molar-refractivity contribution < 1.29 is 18.6 Å². The number of phenols is 2. The van der Waals surface area contributed by atoms with Crippen molar-refractivity contribution in [2.24, 2.45) is 0 Å². The second-order valence-electron chi connectivity index (χ2n) is 3.93. The Balaban J connectivity index is 2.80. The first kappa shape index (κ1) is 17.3. The van der Waals surface area contributed by atoms with Gasteiger partial charge in [0.05, 0.1) is 22.8 Å². The van der Waals surface area contributed by atoms with Crippen molar-refractivity contribution in [3.63, 3.8) is 0 Å². The highest BCUT2D eigenvalue weighted by Gasteiger charge is 2.29. The van der Waals surface area contributed by atoms with E-state index in [1.54, 1.807) is 0 Å². The molecule has 0 fully saturated rings. The summed E-state index contributed by atoms with van der Waals surface area (Å²) in [5.41, 5.74) is 0. The van der Waals surface area contributed by atoms with Crippen LogP contribution in [-0.4, -0.2) is 18.6 Å². The minimum absolute atomic E-state index is 0.0196. The molecule has 0 heterocycles. The van der Waals surface area contributed by atoms with Gasteiger partial charge in [-0.3, -0.25) is 0 Å². The summed E-state index contributed by atoms with van der Waals surface area (Å²) >= 11 is 12.6. The first-order valence-electron chi connectivity index (χ1n) is 5.27. The zero-order chi connectivity index (χ0) is 15.9. The fourth-order valence-corrected chi connectivity index (χ4v) is 6.62. The van der Waals surface area contributed by atoms with Crippen LogP contribution in [0.1, 0.15) is 0 Å². The molecule has 0 spiro atoms. The highest BCUT2D eigenvalue weighted by Crippen LogP contribution is 2.48. The number of aromatic hydroxyl groups is 2. The van der Waals surface area contributed by atoms with Gasteiger partial charge in [-0.15, -0.1) is 0 Å². The van der Waals surface area contributed by atoms with Crippen LogP contribution in [0.15, 0.2) is 51.9 Å². The third-order valence-corrected chi connectivity index (χ3v) is 9.17. The van der Waals surface area contributed by atoms with Crippen LogP contribution in [0.3, 0.4) is 0 Å². The van der Waals surface area contributed by atoms with E-state index in [4.69, 9.17) is 0 Å². The summed E-state index contributed by atoms with van der Waals surface area (Å²) in [6.45, 7) is 0. The van der Waals surface area contributed by atoms with Crippen molar-refractivity contribution in [3.05, 3.63) is 42.2 Å². The minimum atomic E-state index is -3.85. The van der Waals surface area contributed by atoms with Crippen molar-refractivity contribution in [1.82, 2.24) is 0 Å². The van der Waals surface area contributed by atoms with E-state index in [0.717, 1.165) is 0 Å². The lowest BCUT2D eigenvalue weighted by Crippen LogP contribution is -2.05. The van der Waals surface area contributed by atoms with Gasteiger partial charge in [-0.25, -0.2) is 8.42 Å². The van der Waals surface area contributed by atoms with Gasteiger partial charge in [0.15, 0.2) is 0 Å². The van der Waals surface area contributed by atoms with Gasteiger partial charge in [-0.2, -0.15) is 0 Å². The summed E-state index contributed by atoms with van der Waals surface area (Å²) in [7, 11) is -3.85.